The number of carbonyl (C=O) groups is 1. The van der Waals surface area contributed by atoms with E-state index in [1.807, 2.05) is 37.3 Å². The van der Waals surface area contributed by atoms with Crippen LogP contribution >= 0.6 is 7.75 Å². The first-order valence-corrected chi connectivity index (χ1v) is 14.7. The van der Waals surface area contributed by atoms with Crippen LogP contribution in [0.4, 0.5) is 4.79 Å². The third-order valence-corrected chi connectivity index (χ3v) is 8.69. The second kappa shape index (κ2) is 12.8. The summed E-state index contributed by atoms with van der Waals surface area (Å²) in [6.07, 6.45) is -1.35. The molecule has 1 aliphatic heterocycles. The first kappa shape index (κ1) is 28.3. The molecule has 1 saturated heterocycles. The number of piperidine rings is 1. The first-order valence-electron chi connectivity index (χ1n) is 11.8. The normalized spacial score (nSPS) is 18.7. The Bertz CT molecular complexity index is 1130. The highest BCUT2D eigenvalue weighted by Gasteiger charge is 2.40. The number of aryl methyl sites for hydroxylation is 1. The minimum Gasteiger partial charge on any atom is -0.445 e. The predicted octanol–water partition coefficient (Wildman–Crippen LogP) is 4.25. The number of rotatable bonds is 11. The maximum Gasteiger partial charge on any atom is 0.410 e. The van der Waals surface area contributed by atoms with Crippen LogP contribution in [-0.4, -0.2) is 57.9 Å². The molecule has 1 N–H and O–H groups in total. The van der Waals surface area contributed by atoms with E-state index in [9.17, 15) is 17.8 Å². The summed E-state index contributed by atoms with van der Waals surface area (Å²) in [7, 11) is -7.91. The van der Waals surface area contributed by atoms with Crippen molar-refractivity contribution in [3.05, 3.63) is 65.7 Å². The summed E-state index contributed by atoms with van der Waals surface area (Å²) in [5.41, 5.74) is 1.74. The van der Waals surface area contributed by atoms with Crippen molar-refractivity contribution in [1.29, 1.82) is 0 Å². The topological polar surface area (TPSA) is 120 Å². The second-order valence-electron chi connectivity index (χ2n) is 8.25. The number of hydrogen-bond acceptors (Lipinski definition) is 8. The zero-order valence-corrected chi connectivity index (χ0v) is 22.4. The Morgan fingerprint density at radius 2 is 1.69 bits per heavy atom. The van der Waals surface area contributed by atoms with Gasteiger partial charge in [-0.15, -0.1) is 0 Å². The molecule has 0 bridgehead atoms. The molecule has 1 amide bonds. The molecule has 3 rings (SSSR count). The summed E-state index contributed by atoms with van der Waals surface area (Å²) in [6.45, 7) is 5.64. The number of amides is 1. The van der Waals surface area contributed by atoms with Crippen LogP contribution in [0.1, 0.15) is 31.4 Å². The quantitative estimate of drug-likeness (QED) is 0.329. The molecule has 198 valence electrons. The van der Waals surface area contributed by atoms with Crippen molar-refractivity contribution in [2.45, 2.75) is 50.8 Å². The van der Waals surface area contributed by atoms with Gasteiger partial charge < -0.3 is 9.64 Å². The van der Waals surface area contributed by atoms with Crippen molar-refractivity contribution >= 4 is 24.0 Å². The Balaban J connectivity index is 1.77. The van der Waals surface area contributed by atoms with Crippen molar-refractivity contribution < 1.29 is 35.7 Å². The molecule has 2 unspecified atom stereocenters. The third kappa shape index (κ3) is 7.86. The average molecular weight is 541 g/mol. The van der Waals surface area contributed by atoms with E-state index in [4.69, 9.17) is 18.0 Å². The van der Waals surface area contributed by atoms with Crippen LogP contribution in [0, 0.1) is 6.92 Å². The molecular weight excluding hydrogens is 507 g/mol. The number of nitrogens with zero attached hydrogens (tertiary/aromatic N) is 1. The van der Waals surface area contributed by atoms with Crippen molar-refractivity contribution in [3.8, 4) is 0 Å². The number of nitrogens with one attached hydrogen (secondary N) is 1. The van der Waals surface area contributed by atoms with Gasteiger partial charge in [-0.1, -0.05) is 48.0 Å². The molecule has 10 nitrogen and oxygen atoms in total. The van der Waals surface area contributed by atoms with E-state index in [0.29, 0.717) is 0 Å². The largest absolute Gasteiger partial charge is 0.445 e. The van der Waals surface area contributed by atoms with Crippen LogP contribution in [-0.2, 0) is 39.3 Å². The number of likely N-dealkylation sites (tertiary alicyclic amines) is 1. The van der Waals surface area contributed by atoms with Gasteiger partial charge in [-0.05, 0) is 44.9 Å². The van der Waals surface area contributed by atoms with Gasteiger partial charge in [0.1, 0.15) is 6.61 Å². The van der Waals surface area contributed by atoms with E-state index in [2.05, 4.69) is 5.09 Å². The minimum absolute atomic E-state index is 0.00866. The number of ether oxygens (including phenoxy) is 1. The molecule has 2 aromatic rings. The Morgan fingerprint density at radius 1 is 1.06 bits per heavy atom. The molecule has 0 spiro atoms. The van der Waals surface area contributed by atoms with E-state index in [1.165, 1.54) is 17.0 Å². The smallest absolute Gasteiger partial charge is 0.410 e. The summed E-state index contributed by atoms with van der Waals surface area (Å²) < 4.78 is 60.8. The predicted molar refractivity (Wildman–Crippen MR) is 134 cm³/mol. The lowest BCUT2D eigenvalue weighted by Crippen LogP contribution is -2.55. The molecule has 1 heterocycles. The van der Waals surface area contributed by atoms with Crippen LogP contribution < -0.4 is 5.09 Å². The maximum atomic E-state index is 13.2. The van der Waals surface area contributed by atoms with Crippen molar-refractivity contribution in [1.82, 2.24) is 9.99 Å². The standard InChI is InChI=1S/C24H33N2O8PS/c1-4-32-35(28,33-5-2)25-22-17-26(24(27)31-18-20-9-7-6-8-10-20)16-15-23(22)34-36(29,30)21-13-11-19(3)12-14-21/h6-14,22-23H,4-5,15-18H2,1-3H3,(H,25,28). The van der Waals surface area contributed by atoms with Gasteiger partial charge in [-0.2, -0.15) is 8.42 Å². The van der Waals surface area contributed by atoms with Crippen LogP contribution in [0.3, 0.4) is 0 Å². The molecule has 36 heavy (non-hydrogen) atoms. The summed E-state index contributed by atoms with van der Waals surface area (Å²) in [6, 6.07) is 14.7. The van der Waals surface area contributed by atoms with Gasteiger partial charge >= 0.3 is 13.8 Å². The lowest BCUT2D eigenvalue weighted by atomic mass is 10.0. The first-order chi connectivity index (χ1) is 17.2. The Morgan fingerprint density at radius 3 is 2.31 bits per heavy atom. The Hall–Kier alpha value is -2.27. The van der Waals surface area contributed by atoms with E-state index in [0.717, 1.165) is 11.1 Å². The van der Waals surface area contributed by atoms with Gasteiger partial charge in [0.05, 0.1) is 30.3 Å². The third-order valence-electron chi connectivity index (χ3n) is 5.49. The highest BCUT2D eigenvalue weighted by atomic mass is 32.2. The summed E-state index contributed by atoms with van der Waals surface area (Å²) in [4.78, 5) is 14.2. The Labute approximate surface area is 212 Å². The number of carbonyl (C=O) groups excluding carboxylic acids is 1. The Kier molecular flexibility index (Phi) is 10.1. The SMILES string of the molecule is CCOP(=O)(NC1CN(C(=O)OCc2ccccc2)CCC1OS(=O)(=O)c1ccc(C)cc1)OCC. The summed E-state index contributed by atoms with van der Waals surface area (Å²) >= 11 is 0. The molecule has 0 saturated carbocycles. The summed E-state index contributed by atoms with van der Waals surface area (Å²) in [5, 5.41) is 2.80. The van der Waals surface area contributed by atoms with Crippen molar-refractivity contribution in [2.24, 2.45) is 0 Å². The van der Waals surface area contributed by atoms with E-state index < -0.39 is 36.1 Å². The zero-order valence-electron chi connectivity index (χ0n) is 20.7. The van der Waals surface area contributed by atoms with Crippen LogP contribution in [0.25, 0.3) is 0 Å². The summed E-state index contributed by atoms with van der Waals surface area (Å²) in [5.74, 6) is 0. The van der Waals surface area contributed by atoms with Crippen LogP contribution in [0.5, 0.6) is 0 Å². The molecule has 2 atom stereocenters. The van der Waals surface area contributed by atoms with Gasteiger partial charge in [-0.25, -0.2) is 14.4 Å². The second-order valence-corrected chi connectivity index (χ2v) is 11.6. The van der Waals surface area contributed by atoms with Crippen LogP contribution in [0.2, 0.25) is 0 Å². The minimum atomic E-state index is -4.12. The highest BCUT2D eigenvalue weighted by molar-refractivity contribution is 7.86. The van der Waals surface area contributed by atoms with E-state index >= 15 is 0 Å². The zero-order chi connectivity index (χ0) is 26.2. The number of benzene rings is 2. The molecular formula is C24H33N2O8PS. The van der Waals surface area contributed by atoms with Gasteiger partial charge in [-0.3, -0.25) is 13.2 Å². The fourth-order valence-electron chi connectivity index (χ4n) is 3.72. The van der Waals surface area contributed by atoms with Gasteiger partial charge in [0, 0.05) is 13.1 Å². The molecule has 12 heteroatoms. The molecule has 2 aromatic carbocycles. The molecule has 0 aromatic heterocycles. The lowest BCUT2D eigenvalue weighted by Gasteiger charge is -2.38. The van der Waals surface area contributed by atoms with Crippen molar-refractivity contribution in [2.75, 3.05) is 26.3 Å². The van der Waals surface area contributed by atoms with E-state index in [1.54, 1.807) is 26.0 Å². The molecule has 1 fully saturated rings. The monoisotopic (exact) mass is 540 g/mol. The lowest BCUT2D eigenvalue weighted by molar-refractivity contribution is 0.0489. The molecule has 0 aliphatic carbocycles. The fraction of sp³-hybridized carbons (Fsp3) is 0.458. The van der Waals surface area contributed by atoms with Crippen LogP contribution in [0.15, 0.2) is 59.5 Å². The van der Waals surface area contributed by atoms with Gasteiger partial charge in [0.2, 0.25) is 0 Å². The molecule has 0 radical (unpaired) electrons. The maximum absolute atomic E-state index is 13.2. The van der Waals surface area contributed by atoms with Gasteiger partial charge in [0.25, 0.3) is 10.1 Å². The van der Waals surface area contributed by atoms with E-state index in [-0.39, 0.29) is 44.2 Å². The number of hydrogen-bond donors (Lipinski definition) is 1. The average Bonchev–Trinajstić information content (AvgIpc) is 2.84. The molecule has 1 aliphatic rings. The highest BCUT2D eigenvalue weighted by Crippen LogP contribution is 2.45. The van der Waals surface area contributed by atoms with Gasteiger partial charge in [0.15, 0.2) is 0 Å². The fourth-order valence-corrected chi connectivity index (χ4v) is 6.42. The van der Waals surface area contributed by atoms with Crippen molar-refractivity contribution in [3.63, 3.8) is 0 Å².